The average Bonchev–Trinajstić information content (AvgIpc) is 3.32. The molecule has 1 atom stereocenters. The molecule has 0 aliphatic rings. The Hall–Kier alpha value is -4.00. The van der Waals surface area contributed by atoms with Crippen molar-refractivity contribution in [3.63, 3.8) is 0 Å². The molecule has 4 aromatic rings. The van der Waals surface area contributed by atoms with Crippen LogP contribution in [0.25, 0.3) is 11.4 Å². The van der Waals surface area contributed by atoms with Crippen molar-refractivity contribution in [2.75, 3.05) is 6.61 Å². The van der Waals surface area contributed by atoms with Crippen molar-refractivity contribution in [2.24, 2.45) is 0 Å². The summed E-state index contributed by atoms with van der Waals surface area (Å²) >= 11 is 0. The lowest BCUT2D eigenvalue weighted by Gasteiger charge is -2.20. The number of ether oxygens (including phenoxy) is 1. The topological polar surface area (TPSA) is 77.2 Å². The summed E-state index contributed by atoms with van der Waals surface area (Å²) in [6.45, 7) is 0.0927. The number of halogens is 1. The van der Waals surface area contributed by atoms with Crippen LogP contribution in [0.2, 0.25) is 0 Å². The van der Waals surface area contributed by atoms with Crippen LogP contribution in [0.1, 0.15) is 23.9 Å². The molecule has 0 fully saturated rings. The lowest BCUT2D eigenvalue weighted by molar-refractivity contribution is -0.122. The molecule has 3 aromatic carbocycles. The van der Waals surface area contributed by atoms with Crippen molar-refractivity contribution in [3.05, 3.63) is 102 Å². The zero-order valence-electron chi connectivity index (χ0n) is 17.3. The number of hydrogen-bond donors (Lipinski definition) is 1. The van der Waals surface area contributed by atoms with Crippen LogP contribution >= 0.6 is 0 Å². The summed E-state index contributed by atoms with van der Waals surface area (Å²) in [5.41, 5.74) is 1.71. The van der Waals surface area contributed by atoms with Crippen LogP contribution in [-0.2, 0) is 11.2 Å². The number of carbonyl (C=O) groups is 1. The van der Waals surface area contributed by atoms with E-state index in [1.807, 2.05) is 60.7 Å². The molecule has 1 heterocycles. The number of carbonyl (C=O) groups excluding carboxylic acids is 1. The fourth-order valence-electron chi connectivity index (χ4n) is 3.19. The summed E-state index contributed by atoms with van der Waals surface area (Å²) in [6.07, 6.45) is 0.473. The van der Waals surface area contributed by atoms with Gasteiger partial charge in [0.25, 0.3) is 0 Å². The van der Waals surface area contributed by atoms with Gasteiger partial charge in [-0.3, -0.25) is 4.79 Å². The van der Waals surface area contributed by atoms with E-state index in [4.69, 9.17) is 9.26 Å². The van der Waals surface area contributed by atoms with Gasteiger partial charge in [0, 0.05) is 18.4 Å². The number of nitrogens with zero attached hydrogens (tertiary/aromatic N) is 2. The van der Waals surface area contributed by atoms with Gasteiger partial charge in [-0.2, -0.15) is 4.98 Å². The summed E-state index contributed by atoms with van der Waals surface area (Å²) in [5, 5.41) is 6.93. The smallest absolute Gasteiger partial charge is 0.227 e. The first kappa shape index (κ1) is 21.2. The quantitative estimate of drug-likeness (QED) is 0.414. The SMILES string of the molecule is O=C(CCc1nc(-c2ccccc2)no1)N[C@H](COc1ccccc1F)c1ccccc1. The van der Waals surface area contributed by atoms with Crippen molar-refractivity contribution in [2.45, 2.75) is 18.9 Å². The maximum absolute atomic E-state index is 13.9. The van der Waals surface area contributed by atoms with Crippen LogP contribution in [0, 0.1) is 5.82 Å². The number of benzene rings is 3. The molecular weight excluding hydrogens is 409 g/mol. The minimum atomic E-state index is -0.448. The monoisotopic (exact) mass is 431 g/mol. The van der Waals surface area contributed by atoms with Crippen LogP contribution < -0.4 is 10.1 Å². The molecule has 1 aromatic heterocycles. The maximum atomic E-state index is 13.9. The third kappa shape index (κ3) is 5.57. The normalized spacial score (nSPS) is 11.7. The van der Waals surface area contributed by atoms with Gasteiger partial charge in [-0.15, -0.1) is 0 Å². The molecule has 0 radical (unpaired) electrons. The van der Waals surface area contributed by atoms with Gasteiger partial charge in [-0.05, 0) is 17.7 Å². The molecule has 0 spiro atoms. The number of nitrogens with one attached hydrogen (secondary N) is 1. The summed E-state index contributed by atoms with van der Waals surface area (Å²) in [5.74, 6) is 0.369. The molecule has 0 saturated carbocycles. The summed E-state index contributed by atoms with van der Waals surface area (Å²) in [4.78, 5) is 17.0. The highest BCUT2D eigenvalue weighted by atomic mass is 19.1. The first-order chi connectivity index (χ1) is 15.7. The van der Waals surface area contributed by atoms with E-state index in [1.165, 1.54) is 6.07 Å². The molecule has 0 aliphatic carbocycles. The number of amides is 1. The Morgan fingerprint density at radius 1 is 0.969 bits per heavy atom. The van der Waals surface area contributed by atoms with Crippen LogP contribution in [0.4, 0.5) is 4.39 Å². The van der Waals surface area contributed by atoms with Crippen molar-refractivity contribution < 1.29 is 18.4 Å². The Labute approximate surface area is 185 Å². The molecule has 32 heavy (non-hydrogen) atoms. The number of para-hydroxylation sites is 1. The van der Waals surface area contributed by atoms with Gasteiger partial charge in [0.05, 0.1) is 6.04 Å². The highest BCUT2D eigenvalue weighted by Crippen LogP contribution is 2.20. The largest absolute Gasteiger partial charge is 0.488 e. The number of rotatable bonds is 9. The molecule has 4 rings (SSSR count). The van der Waals surface area contributed by atoms with Crippen molar-refractivity contribution >= 4 is 5.91 Å². The van der Waals surface area contributed by atoms with E-state index >= 15 is 0 Å². The predicted molar refractivity (Wildman–Crippen MR) is 117 cm³/mol. The second-order valence-electron chi connectivity index (χ2n) is 7.15. The van der Waals surface area contributed by atoms with E-state index in [1.54, 1.807) is 18.2 Å². The van der Waals surface area contributed by atoms with Crippen LogP contribution in [0.15, 0.2) is 89.5 Å². The molecule has 162 valence electrons. The van der Waals surface area contributed by atoms with Crippen molar-refractivity contribution in [3.8, 4) is 17.1 Å². The van der Waals surface area contributed by atoms with Crippen molar-refractivity contribution in [1.82, 2.24) is 15.5 Å². The molecule has 0 saturated heterocycles. The third-order valence-electron chi connectivity index (χ3n) is 4.85. The van der Waals surface area contributed by atoms with E-state index in [2.05, 4.69) is 15.5 Å². The number of hydrogen-bond acceptors (Lipinski definition) is 5. The van der Waals surface area contributed by atoms with Crippen LogP contribution in [0.3, 0.4) is 0 Å². The highest BCUT2D eigenvalue weighted by molar-refractivity contribution is 5.76. The molecule has 6 nitrogen and oxygen atoms in total. The predicted octanol–water partition coefficient (Wildman–Crippen LogP) is 4.74. The van der Waals surface area contributed by atoms with Gasteiger partial charge in [0.2, 0.25) is 17.6 Å². The maximum Gasteiger partial charge on any atom is 0.227 e. The lowest BCUT2D eigenvalue weighted by Crippen LogP contribution is -2.32. The van der Waals surface area contributed by atoms with E-state index in [0.29, 0.717) is 18.1 Å². The summed E-state index contributed by atoms with van der Waals surface area (Å²) < 4.78 is 24.8. The van der Waals surface area contributed by atoms with Crippen molar-refractivity contribution in [1.29, 1.82) is 0 Å². The van der Waals surface area contributed by atoms with E-state index in [9.17, 15) is 9.18 Å². The first-order valence-electron chi connectivity index (χ1n) is 10.3. The molecular formula is C25H22FN3O3. The number of aromatic nitrogens is 2. The second kappa shape index (κ2) is 10.3. The minimum absolute atomic E-state index is 0.0927. The fourth-order valence-corrected chi connectivity index (χ4v) is 3.19. The van der Waals surface area contributed by atoms with E-state index in [-0.39, 0.29) is 24.7 Å². The average molecular weight is 431 g/mol. The van der Waals surface area contributed by atoms with Gasteiger partial charge in [-0.25, -0.2) is 4.39 Å². The molecule has 0 unspecified atom stereocenters. The molecule has 7 heteroatoms. The first-order valence-corrected chi connectivity index (χ1v) is 10.3. The Bertz CT molecular complexity index is 1150. The van der Waals surface area contributed by atoms with Gasteiger partial charge < -0.3 is 14.6 Å². The Morgan fingerprint density at radius 3 is 2.41 bits per heavy atom. The lowest BCUT2D eigenvalue weighted by atomic mass is 10.1. The third-order valence-corrected chi connectivity index (χ3v) is 4.85. The second-order valence-corrected chi connectivity index (χ2v) is 7.15. The van der Waals surface area contributed by atoms with E-state index in [0.717, 1.165) is 11.1 Å². The molecule has 1 amide bonds. The molecule has 0 aliphatic heterocycles. The Balaban J connectivity index is 1.37. The highest BCUT2D eigenvalue weighted by Gasteiger charge is 2.17. The molecule has 0 bridgehead atoms. The van der Waals surface area contributed by atoms with Gasteiger partial charge >= 0.3 is 0 Å². The summed E-state index contributed by atoms with van der Waals surface area (Å²) in [6, 6.07) is 24.6. The Morgan fingerprint density at radius 2 is 1.66 bits per heavy atom. The van der Waals surface area contributed by atoms with Crippen LogP contribution in [0.5, 0.6) is 5.75 Å². The van der Waals surface area contributed by atoms with E-state index < -0.39 is 11.9 Å². The van der Waals surface area contributed by atoms with Crippen LogP contribution in [-0.4, -0.2) is 22.7 Å². The molecule has 1 N–H and O–H groups in total. The fraction of sp³-hybridized carbons (Fsp3) is 0.160. The number of aryl methyl sites for hydroxylation is 1. The minimum Gasteiger partial charge on any atom is -0.488 e. The summed E-state index contributed by atoms with van der Waals surface area (Å²) in [7, 11) is 0. The Kier molecular flexibility index (Phi) is 6.87. The zero-order chi connectivity index (χ0) is 22.2. The van der Waals surface area contributed by atoms with Gasteiger partial charge in [-0.1, -0.05) is 78.0 Å². The standard InChI is InChI=1S/C25H22FN3O3/c26-20-13-7-8-14-22(20)31-17-21(18-9-3-1-4-10-18)27-23(30)15-16-24-28-25(29-32-24)19-11-5-2-6-12-19/h1-14,21H,15-17H2,(H,27,30)/t21-/m1/s1. The van der Waals surface area contributed by atoms with Gasteiger partial charge in [0.1, 0.15) is 6.61 Å². The zero-order valence-corrected chi connectivity index (χ0v) is 17.3. The van der Waals surface area contributed by atoms with Gasteiger partial charge in [0.15, 0.2) is 11.6 Å².